The first kappa shape index (κ1) is 23.1. The van der Waals surface area contributed by atoms with E-state index in [4.69, 9.17) is 5.10 Å². The zero-order valence-corrected chi connectivity index (χ0v) is 21.5. The van der Waals surface area contributed by atoms with Crippen LogP contribution in [0.4, 0.5) is 5.82 Å². The number of aromatic nitrogens is 2. The Kier molecular flexibility index (Phi) is 6.15. The van der Waals surface area contributed by atoms with Crippen molar-refractivity contribution in [1.82, 2.24) is 15.1 Å². The summed E-state index contributed by atoms with van der Waals surface area (Å²) in [6.07, 6.45) is 2.00. The van der Waals surface area contributed by atoms with E-state index >= 15 is 0 Å². The molecule has 2 amide bonds. The molecule has 1 saturated carbocycles. The lowest BCUT2D eigenvalue weighted by Gasteiger charge is -2.23. The van der Waals surface area contributed by atoms with Gasteiger partial charge in [0.15, 0.2) is 0 Å². The van der Waals surface area contributed by atoms with Crippen LogP contribution >= 0.6 is 23.1 Å². The van der Waals surface area contributed by atoms with Crippen LogP contribution in [0.2, 0.25) is 0 Å². The fourth-order valence-corrected chi connectivity index (χ4v) is 6.59. The zero-order valence-electron chi connectivity index (χ0n) is 19.9. The van der Waals surface area contributed by atoms with Crippen molar-refractivity contribution < 1.29 is 9.59 Å². The molecule has 6 rings (SSSR count). The summed E-state index contributed by atoms with van der Waals surface area (Å²) in [7, 11) is 0. The number of fused-ring (bicyclic) bond motifs is 1. The van der Waals surface area contributed by atoms with E-state index in [0.717, 1.165) is 46.5 Å². The van der Waals surface area contributed by atoms with Crippen molar-refractivity contribution in [3.63, 3.8) is 0 Å². The Morgan fingerprint density at radius 2 is 1.86 bits per heavy atom. The third kappa shape index (κ3) is 4.35. The van der Waals surface area contributed by atoms with Crippen LogP contribution in [-0.2, 0) is 9.59 Å². The number of thiophene rings is 1. The van der Waals surface area contributed by atoms with E-state index in [-0.39, 0.29) is 35.4 Å². The van der Waals surface area contributed by atoms with E-state index in [1.54, 1.807) is 28.0 Å². The van der Waals surface area contributed by atoms with Gasteiger partial charge in [-0.2, -0.15) is 16.4 Å². The number of anilines is 1. The molecule has 1 fully saturated rings. The molecule has 2 aromatic heterocycles. The number of hydrogen-bond donors (Lipinski definition) is 1. The third-order valence-electron chi connectivity index (χ3n) is 6.57. The van der Waals surface area contributed by atoms with Crippen LogP contribution in [0, 0.1) is 6.92 Å². The van der Waals surface area contributed by atoms with Gasteiger partial charge in [-0.25, -0.2) is 4.68 Å². The first-order chi connectivity index (χ1) is 17.6. The van der Waals surface area contributed by atoms with E-state index in [1.807, 2.05) is 54.1 Å². The molecule has 1 atom stereocenters. The van der Waals surface area contributed by atoms with E-state index in [0.29, 0.717) is 5.82 Å². The molecular formula is C28H26N4O2S2. The maximum absolute atomic E-state index is 13.6. The second-order valence-corrected chi connectivity index (χ2v) is 11.1. The van der Waals surface area contributed by atoms with Crippen molar-refractivity contribution in [1.29, 1.82) is 0 Å². The van der Waals surface area contributed by atoms with Gasteiger partial charge in [0.1, 0.15) is 12.4 Å². The number of thioether (sulfide) groups is 1. The minimum Gasteiger partial charge on any atom is -0.352 e. The van der Waals surface area contributed by atoms with E-state index in [1.165, 1.54) is 0 Å². The molecular weight excluding hydrogens is 488 g/mol. The molecule has 1 aliphatic carbocycles. The highest BCUT2D eigenvalue weighted by molar-refractivity contribution is 8.00. The van der Waals surface area contributed by atoms with Gasteiger partial charge in [-0.05, 0) is 53.8 Å². The van der Waals surface area contributed by atoms with Crippen molar-refractivity contribution >= 4 is 40.7 Å². The number of carbonyl (C=O) groups is 2. The standard InChI is InChI=1S/C28H26N4O2S2/c1-18-7-5-6-10-22(18)32-28-25(26(30-32)19-8-3-2-4-9-19)27(20-13-14-35-16-20)36-17-24(34)31(28)15-23(33)29-21-11-12-21/h2-10,13-14,16,21,27H,11-12,15,17H2,1H3,(H,29,33)/t27-/m1/s1. The molecule has 0 radical (unpaired) electrons. The number of amides is 2. The number of nitrogens with one attached hydrogen (secondary N) is 1. The van der Waals surface area contributed by atoms with Crippen LogP contribution in [0.1, 0.15) is 34.8 Å². The molecule has 2 aliphatic rings. The molecule has 182 valence electrons. The highest BCUT2D eigenvalue weighted by Gasteiger charge is 2.38. The summed E-state index contributed by atoms with van der Waals surface area (Å²) in [5.74, 6) is 0.752. The molecule has 0 saturated heterocycles. The van der Waals surface area contributed by atoms with Crippen LogP contribution in [0.3, 0.4) is 0 Å². The summed E-state index contributed by atoms with van der Waals surface area (Å²) in [5, 5.41) is 12.3. The number of aryl methyl sites for hydroxylation is 1. The van der Waals surface area contributed by atoms with Crippen molar-refractivity contribution in [3.05, 3.63) is 88.1 Å². The zero-order chi connectivity index (χ0) is 24.6. The number of para-hydroxylation sites is 1. The molecule has 1 N–H and O–H groups in total. The summed E-state index contributed by atoms with van der Waals surface area (Å²) in [4.78, 5) is 28.3. The summed E-state index contributed by atoms with van der Waals surface area (Å²) in [5.41, 5.74) is 5.87. The van der Waals surface area contributed by atoms with Gasteiger partial charge >= 0.3 is 0 Å². The molecule has 3 heterocycles. The van der Waals surface area contributed by atoms with Gasteiger partial charge in [-0.15, -0.1) is 11.8 Å². The van der Waals surface area contributed by atoms with Gasteiger partial charge in [0.2, 0.25) is 11.8 Å². The molecule has 8 heteroatoms. The van der Waals surface area contributed by atoms with Crippen LogP contribution in [0.15, 0.2) is 71.4 Å². The Balaban J connectivity index is 1.61. The first-order valence-corrected chi connectivity index (χ1v) is 14.1. The second kappa shape index (κ2) is 9.59. The van der Waals surface area contributed by atoms with Crippen LogP contribution in [0.25, 0.3) is 16.9 Å². The molecule has 6 nitrogen and oxygen atoms in total. The van der Waals surface area contributed by atoms with E-state index in [9.17, 15) is 9.59 Å². The number of nitrogens with zero attached hydrogens (tertiary/aromatic N) is 3. The normalized spacial score (nSPS) is 17.5. The highest BCUT2D eigenvalue weighted by Crippen LogP contribution is 2.49. The van der Waals surface area contributed by atoms with E-state index in [2.05, 4.69) is 34.3 Å². The monoisotopic (exact) mass is 514 g/mol. The Hall–Kier alpha value is -3.36. The number of carbonyl (C=O) groups excluding carboxylic acids is 2. The second-order valence-electron chi connectivity index (χ2n) is 9.22. The van der Waals surface area contributed by atoms with Gasteiger partial charge in [-0.3, -0.25) is 14.5 Å². The quantitative estimate of drug-likeness (QED) is 0.376. The molecule has 0 spiro atoms. The van der Waals surface area contributed by atoms with Crippen LogP contribution < -0.4 is 10.2 Å². The molecule has 0 unspecified atom stereocenters. The predicted octanol–water partition coefficient (Wildman–Crippen LogP) is 5.36. The predicted molar refractivity (Wildman–Crippen MR) is 146 cm³/mol. The van der Waals surface area contributed by atoms with Crippen molar-refractivity contribution in [2.45, 2.75) is 31.1 Å². The molecule has 2 aromatic carbocycles. The first-order valence-electron chi connectivity index (χ1n) is 12.1. The highest BCUT2D eigenvalue weighted by atomic mass is 32.2. The van der Waals surface area contributed by atoms with Gasteiger partial charge in [0, 0.05) is 17.2 Å². The minimum absolute atomic E-state index is 0.0228. The van der Waals surface area contributed by atoms with Gasteiger partial charge in [0.25, 0.3) is 0 Å². The average molecular weight is 515 g/mol. The Morgan fingerprint density at radius 3 is 2.58 bits per heavy atom. The molecule has 36 heavy (non-hydrogen) atoms. The smallest absolute Gasteiger partial charge is 0.240 e. The Morgan fingerprint density at radius 1 is 1.08 bits per heavy atom. The Bertz CT molecular complexity index is 1410. The summed E-state index contributed by atoms with van der Waals surface area (Å²) < 4.78 is 1.88. The average Bonchev–Trinajstić information content (AvgIpc) is 3.41. The van der Waals surface area contributed by atoms with Crippen molar-refractivity contribution in [2.24, 2.45) is 0 Å². The fourth-order valence-electron chi connectivity index (χ4n) is 4.63. The number of hydrogen-bond acceptors (Lipinski definition) is 5. The summed E-state index contributed by atoms with van der Waals surface area (Å²) >= 11 is 3.25. The SMILES string of the molecule is Cc1ccccc1-n1nc(-c2ccccc2)c2c1N(CC(=O)NC1CC1)C(=O)CS[C@@H]2c1ccsc1. The number of rotatable bonds is 6. The van der Waals surface area contributed by atoms with Gasteiger partial charge in [-0.1, -0.05) is 48.5 Å². The van der Waals surface area contributed by atoms with Crippen molar-refractivity contribution in [2.75, 3.05) is 17.2 Å². The summed E-state index contributed by atoms with van der Waals surface area (Å²) in [6.45, 7) is 2.02. The fraction of sp³-hybridized carbons (Fsp3) is 0.250. The third-order valence-corrected chi connectivity index (χ3v) is 8.53. The maximum atomic E-state index is 13.6. The van der Waals surface area contributed by atoms with Gasteiger partial charge < -0.3 is 5.32 Å². The van der Waals surface area contributed by atoms with Crippen molar-refractivity contribution in [3.8, 4) is 16.9 Å². The topological polar surface area (TPSA) is 67.2 Å². The Labute approximate surface area is 218 Å². The van der Waals surface area contributed by atoms with Gasteiger partial charge in [0.05, 0.1) is 22.4 Å². The largest absolute Gasteiger partial charge is 0.352 e. The van der Waals surface area contributed by atoms with E-state index < -0.39 is 0 Å². The van der Waals surface area contributed by atoms with Crippen LogP contribution in [0.5, 0.6) is 0 Å². The molecule has 0 bridgehead atoms. The lowest BCUT2D eigenvalue weighted by molar-refractivity contribution is -0.123. The number of benzene rings is 2. The lowest BCUT2D eigenvalue weighted by Crippen LogP contribution is -2.43. The summed E-state index contributed by atoms with van der Waals surface area (Å²) in [6, 6.07) is 20.5. The van der Waals surface area contributed by atoms with Crippen LogP contribution in [-0.4, -0.2) is 39.9 Å². The maximum Gasteiger partial charge on any atom is 0.240 e. The molecule has 4 aromatic rings. The molecule has 1 aliphatic heterocycles. The lowest BCUT2D eigenvalue weighted by atomic mass is 10.0. The minimum atomic E-state index is -0.130.